The van der Waals surface area contributed by atoms with E-state index >= 15 is 0 Å². The normalized spacial score (nSPS) is 35.4. The van der Waals surface area contributed by atoms with Gasteiger partial charge >= 0.3 is 5.97 Å². The van der Waals surface area contributed by atoms with Crippen molar-refractivity contribution in [3.05, 3.63) is 0 Å². The minimum Gasteiger partial charge on any atom is -0.480 e. The number of carboxylic acids is 1. The number of rotatable bonds is 3. The van der Waals surface area contributed by atoms with Gasteiger partial charge in [0.15, 0.2) is 0 Å². The van der Waals surface area contributed by atoms with Crippen LogP contribution in [0.3, 0.4) is 0 Å². The highest BCUT2D eigenvalue weighted by Crippen LogP contribution is 2.46. The molecule has 0 unspecified atom stereocenters. The molecule has 0 bridgehead atoms. The minimum absolute atomic E-state index is 0.515. The van der Waals surface area contributed by atoms with Crippen molar-refractivity contribution in [3.8, 4) is 0 Å². The van der Waals surface area contributed by atoms with Crippen LogP contribution in [0.15, 0.2) is 0 Å². The first-order chi connectivity index (χ1) is 8.06. The molecule has 3 heteroatoms. The second-order valence-corrected chi connectivity index (χ2v) is 6.15. The molecule has 0 radical (unpaired) electrons. The molecule has 98 valence electrons. The van der Waals surface area contributed by atoms with E-state index in [4.69, 9.17) is 0 Å². The minimum atomic E-state index is -0.587. The molecule has 0 atom stereocenters. The van der Waals surface area contributed by atoms with Crippen LogP contribution in [0.2, 0.25) is 0 Å². The summed E-state index contributed by atoms with van der Waals surface area (Å²) >= 11 is 0. The number of carbonyl (C=O) groups is 1. The Balaban J connectivity index is 2.05. The molecule has 3 nitrogen and oxygen atoms in total. The summed E-state index contributed by atoms with van der Waals surface area (Å²) in [6.45, 7) is 6.38. The van der Waals surface area contributed by atoms with Crippen LogP contribution >= 0.6 is 0 Å². The second kappa shape index (κ2) is 4.97. The summed E-state index contributed by atoms with van der Waals surface area (Å²) in [5.41, 5.74) is -0.515. The molecule has 0 spiro atoms. The smallest absolute Gasteiger partial charge is 0.324 e. The Morgan fingerprint density at radius 3 is 2.12 bits per heavy atom. The largest absolute Gasteiger partial charge is 0.480 e. The lowest BCUT2D eigenvalue weighted by molar-refractivity contribution is -0.164. The van der Waals surface area contributed by atoms with Gasteiger partial charge in [-0.05, 0) is 50.6 Å². The maximum absolute atomic E-state index is 11.6. The average Bonchev–Trinajstić information content (AvgIpc) is 2.43. The molecule has 2 rings (SSSR count). The maximum Gasteiger partial charge on any atom is 0.324 e. The SMILES string of the molecule is CC(C)C1CC(C(=O)O)(N2CCCCCC2)C1. The van der Waals surface area contributed by atoms with Crippen molar-refractivity contribution in [1.29, 1.82) is 0 Å². The standard InChI is InChI=1S/C14H25NO2/c1-11(2)12-9-14(10-12,13(16)17)15-7-5-3-4-6-8-15/h11-12H,3-10H2,1-2H3,(H,16,17). The second-order valence-electron chi connectivity index (χ2n) is 6.15. The van der Waals surface area contributed by atoms with Gasteiger partial charge in [-0.2, -0.15) is 0 Å². The topological polar surface area (TPSA) is 40.5 Å². The van der Waals surface area contributed by atoms with E-state index in [1.54, 1.807) is 0 Å². The Kier molecular flexibility index (Phi) is 3.76. The van der Waals surface area contributed by atoms with Gasteiger partial charge in [0.25, 0.3) is 0 Å². The summed E-state index contributed by atoms with van der Waals surface area (Å²) in [4.78, 5) is 13.9. The molecule has 0 aromatic carbocycles. The number of hydrogen-bond acceptors (Lipinski definition) is 2. The van der Waals surface area contributed by atoms with E-state index in [1.165, 1.54) is 25.7 Å². The summed E-state index contributed by atoms with van der Waals surface area (Å²) < 4.78 is 0. The van der Waals surface area contributed by atoms with Gasteiger partial charge in [0.1, 0.15) is 5.54 Å². The predicted molar refractivity (Wildman–Crippen MR) is 68.0 cm³/mol. The van der Waals surface area contributed by atoms with Gasteiger partial charge in [0.2, 0.25) is 0 Å². The summed E-state index contributed by atoms with van der Waals surface area (Å²) in [6, 6.07) is 0. The van der Waals surface area contributed by atoms with Gasteiger partial charge in [0, 0.05) is 0 Å². The lowest BCUT2D eigenvalue weighted by atomic mass is 9.63. The molecular weight excluding hydrogens is 214 g/mol. The first-order valence-corrected chi connectivity index (χ1v) is 7.05. The van der Waals surface area contributed by atoms with Crippen molar-refractivity contribution in [2.75, 3.05) is 13.1 Å². The molecular formula is C14H25NO2. The van der Waals surface area contributed by atoms with Gasteiger partial charge < -0.3 is 5.11 Å². The quantitative estimate of drug-likeness (QED) is 0.823. The van der Waals surface area contributed by atoms with E-state index in [0.29, 0.717) is 11.8 Å². The van der Waals surface area contributed by atoms with E-state index in [0.717, 1.165) is 25.9 Å². The zero-order valence-electron chi connectivity index (χ0n) is 11.1. The maximum atomic E-state index is 11.6. The van der Waals surface area contributed by atoms with Crippen molar-refractivity contribution in [2.24, 2.45) is 11.8 Å². The fourth-order valence-corrected chi connectivity index (χ4v) is 3.35. The lowest BCUT2D eigenvalue weighted by Gasteiger charge is -2.52. The average molecular weight is 239 g/mol. The van der Waals surface area contributed by atoms with E-state index in [-0.39, 0.29) is 0 Å². The summed E-state index contributed by atoms with van der Waals surface area (Å²) in [5, 5.41) is 9.59. The molecule has 1 saturated heterocycles. The Morgan fingerprint density at radius 1 is 1.18 bits per heavy atom. The molecule has 0 amide bonds. The third kappa shape index (κ3) is 2.35. The summed E-state index contributed by atoms with van der Waals surface area (Å²) in [5.74, 6) is 0.639. The molecule has 1 aliphatic heterocycles. The predicted octanol–water partition coefficient (Wildman–Crippen LogP) is 2.75. The van der Waals surface area contributed by atoms with Crippen LogP contribution in [0.4, 0.5) is 0 Å². The highest BCUT2D eigenvalue weighted by molar-refractivity contribution is 5.80. The molecule has 1 aliphatic carbocycles. The van der Waals surface area contributed by atoms with Gasteiger partial charge in [-0.15, -0.1) is 0 Å². The fraction of sp³-hybridized carbons (Fsp3) is 0.929. The monoisotopic (exact) mass is 239 g/mol. The molecule has 2 aliphatic rings. The summed E-state index contributed by atoms with van der Waals surface area (Å²) in [7, 11) is 0. The third-order valence-corrected chi connectivity index (χ3v) is 4.75. The van der Waals surface area contributed by atoms with Gasteiger partial charge in [-0.3, -0.25) is 9.69 Å². The van der Waals surface area contributed by atoms with E-state index in [2.05, 4.69) is 18.7 Å². The van der Waals surface area contributed by atoms with Crippen LogP contribution in [0.25, 0.3) is 0 Å². The number of likely N-dealkylation sites (tertiary alicyclic amines) is 1. The molecule has 0 aromatic rings. The van der Waals surface area contributed by atoms with Crippen molar-refractivity contribution in [1.82, 2.24) is 4.90 Å². The number of aliphatic carboxylic acids is 1. The van der Waals surface area contributed by atoms with E-state index < -0.39 is 11.5 Å². The Morgan fingerprint density at radius 2 is 1.71 bits per heavy atom. The van der Waals surface area contributed by atoms with Gasteiger partial charge in [-0.1, -0.05) is 26.7 Å². The van der Waals surface area contributed by atoms with E-state index in [9.17, 15) is 9.90 Å². The highest BCUT2D eigenvalue weighted by Gasteiger charge is 2.54. The first kappa shape index (κ1) is 12.9. The zero-order chi connectivity index (χ0) is 12.5. The molecule has 0 aromatic heterocycles. The molecule has 1 heterocycles. The Bertz CT molecular complexity index is 274. The number of hydrogen-bond donors (Lipinski definition) is 1. The van der Waals surface area contributed by atoms with E-state index in [1.807, 2.05) is 0 Å². The highest BCUT2D eigenvalue weighted by atomic mass is 16.4. The Hall–Kier alpha value is -0.570. The van der Waals surface area contributed by atoms with Crippen LogP contribution in [0.1, 0.15) is 52.4 Å². The van der Waals surface area contributed by atoms with Crippen LogP contribution in [-0.4, -0.2) is 34.6 Å². The van der Waals surface area contributed by atoms with Crippen molar-refractivity contribution >= 4 is 5.97 Å². The van der Waals surface area contributed by atoms with Gasteiger partial charge in [-0.25, -0.2) is 0 Å². The molecule has 1 saturated carbocycles. The van der Waals surface area contributed by atoms with Crippen LogP contribution in [0, 0.1) is 11.8 Å². The Labute approximate surface area is 104 Å². The number of nitrogens with zero attached hydrogens (tertiary/aromatic N) is 1. The molecule has 2 fully saturated rings. The molecule has 1 N–H and O–H groups in total. The number of carboxylic acid groups (broad SMARTS) is 1. The van der Waals surface area contributed by atoms with Crippen LogP contribution in [-0.2, 0) is 4.79 Å². The first-order valence-electron chi connectivity index (χ1n) is 7.05. The lowest BCUT2D eigenvalue weighted by Crippen LogP contribution is -2.63. The zero-order valence-corrected chi connectivity index (χ0v) is 11.1. The van der Waals surface area contributed by atoms with Crippen molar-refractivity contribution in [2.45, 2.75) is 57.9 Å². The summed E-state index contributed by atoms with van der Waals surface area (Å²) in [6.07, 6.45) is 6.59. The third-order valence-electron chi connectivity index (χ3n) is 4.75. The van der Waals surface area contributed by atoms with Crippen LogP contribution in [0.5, 0.6) is 0 Å². The molecule has 17 heavy (non-hydrogen) atoms. The van der Waals surface area contributed by atoms with Gasteiger partial charge in [0.05, 0.1) is 0 Å². The van der Waals surface area contributed by atoms with Crippen molar-refractivity contribution < 1.29 is 9.90 Å². The van der Waals surface area contributed by atoms with Crippen LogP contribution < -0.4 is 0 Å². The fourth-order valence-electron chi connectivity index (χ4n) is 3.35. The van der Waals surface area contributed by atoms with Crippen molar-refractivity contribution in [3.63, 3.8) is 0 Å².